The monoisotopic (exact) mass is 373 g/mol. The van der Waals surface area contributed by atoms with Gasteiger partial charge in [-0.1, -0.05) is 49.4 Å². The molecule has 1 aromatic heterocycles. The molecule has 1 unspecified atom stereocenters. The van der Waals surface area contributed by atoms with Crippen LogP contribution in [0.5, 0.6) is 0 Å². The molecule has 1 N–H and O–H groups in total. The van der Waals surface area contributed by atoms with Gasteiger partial charge in [-0.3, -0.25) is 9.48 Å². The highest BCUT2D eigenvalue weighted by Crippen LogP contribution is 2.30. The van der Waals surface area contributed by atoms with Crippen LogP contribution in [-0.4, -0.2) is 15.7 Å². The van der Waals surface area contributed by atoms with Crippen molar-refractivity contribution in [3.05, 3.63) is 88.2 Å². The summed E-state index contributed by atoms with van der Waals surface area (Å²) in [7, 11) is 0. The van der Waals surface area contributed by atoms with Crippen molar-refractivity contribution in [1.82, 2.24) is 15.1 Å². The average molecular weight is 374 g/mol. The fourth-order valence-corrected chi connectivity index (χ4v) is 4.10. The minimum atomic E-state index is 0.00816. The van der Waals surface area contributed by atoms with Gasteiger partial charge < -0.3 is 5.32 Å². The summed E-state index contributed by atoms with van der Waals surface area (Å²) in [5.41, 5.74) is 6.72. The SMILES string of the molecule is CCc1ccc(C(=O)NC2CCCc3c2cnn3Cc2ccccc2)c(C)c1. The minimum Gasteiger partial charge on any atom is -0.345 e. The zero-order valence-electron chi connectivity index (χ0n) is 16.6. The molecule has 4 rings (SSSR count). The highest BCUT2D eigenvalue weighted by atomic mass is 16.1. The standard InChI is InChI=1S/C24H27N3O/c1-3-18-12-13-20(17(2)14-18)24(28)26-22-10-7-11-23-21(22)15-25-27(23)16-19-8-5-4-6-9-19/h4-6,8-9,12-15,22H,3,7,10-11,16H2,1-2H3,(H,26,28). The number of aromatic nitrogens is 2. The van der Waals surface area contributed by atoms with Crippen LogP contribution in [0.1, 0.15) is 64.1 Å². The summed E-state index contributed by atoms with van der Waals surface area (Å²) in [5.74, 6) is 0.00816. The van der Waals surface area contributed by atoms with Crippen LogP contribution >= 0.6 is 0 Å². The lowest BCUT2D eigenvalue weighted by Gasteiger charge is -2.24. The van der Waals surface area contributed by atoms with Crippen molar-refractivity contribution in [3.8, 4) is 0 Å². The normalized spacial score (nSPS) is 15.9. The third-order valence-corrected chi connectivity index (χ3v) is 5.69. The zero-order valence-corrected chi connectivity index (χ0v) is 16.6. The Balaban J connectivity index is 1.53. The van der Waals surface area contributed by atoms with Crippen molar-refractivity contribution in [2.45, 2.75) is 52.1 Å². The first-order valence-electron chi connectivity index (χ1n) is 10.1. The average Bonchev–Trinajstić information content (AvgIpc) is 3.12. The summed E-state index contributed by atoms with van der Waals surface area (Å²) in [6.07, 6.45) is 5.96. The molecule has 0 radical (unpaired) electrons. The maximum Gasteiger partial charge on any atom is 0.252 e. The second-order valence-electron chi connectivity index (χ2n) is 7.61. The van der Waals surface area contributed by atoms with Gasteiger partial charge in [-0.05, 0) is 55.4 Å². The minimum absolute atomic E-state index is 0.00816. The molecule has 1 atom stereocenters. The van der Waals surface area contributed by atoms with E-state index in [2.05, 4.69) is 52.4 Å². The van der Waals surface area contributed by atoms with Gasteiger partial charge in [0.05, 0.1) is 18.8 Å². The summed E-state index contributed by atoms with van der Waals surface area (Å²) in [6.45, 7) is 4.91. The second kappa shape index (κ2) is 8.01. The number of nitrogens with one attached hydrogen (secondary N) is 1. The van der Waals surface area contributed by atoms with Crippen molar-refractivity contribution in [3.63, 3.8) is 0 Å². The van der Waals surface area contributed by atoms with Gasteiger partial charge in [0.2, 0.25) is 0 Å². The smallest absolute Gasteiger partial charge is 0.252 e. The van der Waals surface area contributed by atoms with Gasteiger partial charge in [-0.15, -0.1) is 0 Å². The summed E-state index contributed by atoms with van der Waals surface area (Å²) in [5, 5.41) is 7.88. The number of benzene rings is 2. The summed E-state index contributed by atoms with van der Waals surface area (Å²) < 4.78 is 2.09. The number of nitrogens with zero attached hydrogens (tertiary/aromatic N) is 2. The lowest BCUT2D eigenvalue weighted by atomic mass is 9.92. The molecule has 1 heterocycles. The lowest BCUT2D eigenvalue weighted by molar-refractivity contribution is 0.0932. The molecule has 28 heavy (non-hydrogen) atoms. The molecule has 4 heteroatoms. The van der Waals surface area contributed by atoms with Crippen molar-refractivity contribution >= 4 is 5.91 Å². The number of amides is 1. The molecule has 0 saturated heterocycles. The fraction of sp³-hybridized carbons (Fsp3) is 0.333. The van der Waals surface area contributed by atoms with E-state index >= 15 is 0 Å². The Morgan fingerprint density at radius 1 is 1.18 bits per heavy atom. The Hall–Kier alpha value is -2.88. The number of fused-ring (bicyclic) bond motifs is 1. The molecule has 0 aliphatic heterocycles. The highest BCUT2D eigenvalue weighted by Gasteiger charge is 2.26. The van der Waals surface area contributed by atoms with Gasteiger partial charge in [0, 0.05) is 16.8 Å². The van der Waals surface area contributed by atoms with Gasteiger partial charge in [0.25, 0.3) is 5.91 Å². The number of aryl methyl sites for hydroxylation is 2. The Kier molecular flexibility index (Phi) is 5.29. The molecule has 1 amide bonds. The predicted molar refractivity (Wildman–Crippen MR) is 111 cm³/mol. The van der Waals surface area contributed by atoms with E-state index in [4.69, 9.17) is 0 Å². The third-order valence-electron chi connectivity index (χ3n) is 5.69. The Morgan fingerprint density at radius 2 is 2.00 bits per heavy atom. The van der Waals surface area contributed by atoms with Crippen LogP contribution in [0.4, 0.5) is 0 Å². The van der Waals surface area contributed by atoms with Crippen molar-refractivity contribution < 1.29 is 4.79 Å². The number of carbonyl (C=O) groups excluding carboxylic acids is 1. The van der Waals surface area contributed by atoms with Crippen LogP contribution in [0.15, 0.2) is 54.7 Å². The van der Waals surface area contributed by atoms with E-state index in [1.807, 2.05) is 31.3 Å². The van der Waals surface area contributed by atoms with E-state index in [9.17, 15) is 4.79 Å². The van der Waals surface area contributed by atoms with Crippen LogP contribution in [0, 0.1) is 6.92 Å². The fourth-order valence-electron chi connectivity index (χ4n) is 4.10. The van der Waals surface area contributed by atoms with Crippen LogP contribution in [-0.2, 0) is 19.4 Å². The van der Waals surface area contributed by atoms with E-state index < -0.39 is 0 Å². The summed E-state index contributed by atoms with van der Waals surface area (Å²) >= 11 is 0. The number of rotatable bonds is 5. The second-order valence-corrected chi connectivity index (χ2v) is 7.61. The molecule has 4 nitrogen and oxygen atoms in total. The molecule has 1 aliphatic carbocycles. The van der Waals surface area contributed by atoms with E-state index in [0.29, 0.717) is 0 Å². The molecule has 0 spiro atoms. The molecule has 1 aliphatic rings. The van der Waals surface area contributed by atoms with Crippen LogP contribution < -0.4 is 5.32 Å². The lowest BCUT2D eigenvalue weighted by Crippen LogP contribution is -2.31. The highest BCUT2D eigenvalue weighted by molar-refractivity contribution is 5.96. The largest absolute Gasteiger partial charge is 0.345 e. The Bertz CT molecular complexity index is 975. The summed E-state index contributed by atoms with van der Waals surface area (Å²) in [4.78, 5) is 12.9. The molecule has 144 valence electrons. The van der Waals surface area contributed by atoms with Gasteiger partial charge in [-0.25, -0.2) is 0 Å². The first-order chi connectivity index (χ1) is 13.7. The molecular formula is C24H27N3O. The maximum atomic E-state index is 12.9. The van der Waals surface area contributed by atoms with Crippen LogP contribution in [0.2, 0.25) is 0 Å². The maximum absolute atomic E-state index is 12.9. The van der Waals surface area contributed by atoms with Crippen molar-refractivity contribution in [2.75, 3.05) is 0 Å². The van der Waals surface area contributed by atoms with Crippen LogP contribution in [0.25, 0.3) is 0 Å². The number of carbonyl (C=O) groups is 1. The number of hydrogen-bond donors (Lipinski definition) is 1. The van der Waals surface area contributed by atoms with E-state index in [0.717, 1.165) is 43.4 Å². The zero-order chi connectivity index (χ0) is 19.5. The van der Waals surface area contributed by atoms with Gasteiger partial charge in [0.15, 0.2) is 0 Å². The first-order valence-corrected chi connectivity index (χ1v) is 10.1. The van der Waals surface area contributed by atoms with Gasteiger partial charge in [0.1, 0.15) is 0 Å². The topological polar surface area (TPSA) is 46.9 Å². The third kappa shape index (κ3) is 3.72. The predicted octanol–water partition coefficient (Wildman–Crippen LogP) is 4.61. The van der Waals surface area contributed by atoms with E-state index in [1.165, 1.54) is 22.4 Å². The van der Waals surface area contributed by atoms with E-state index in [1.54, 1.807) is 0 Å². The Morgan fingerprint density at radius 3 is 2.75 bits per heavy atom. The molecule has 0 fully saturated rings. The van der Waals surface area contributed by atoms with Crippen molar-refractivity contribution in [2.24, 2.45) is 0 Å². The number of hydrogen-bond acceptors (Lipinski definition) is 2. The van der Waals surface area contributed by atoms with Crippen LogP contribution in [0.3, 0.4) is 0 Å². The molecule has 3 aromatic rings. The molecule has 2 aromatic carbocycles. The molecule has 0 bridgehead atoms. The quantitative estimate of drug-likeness (QED) is 0.710. The van der Waals surface area contributed by atoms with Gasteiger partial charge in [-0.2, -0.15) is 5.10 Å². The molecular weight excluding hydrogens is 346 g/mol. The van der Waals surface area contributed by atoms with E-state index in [-0.39, 0.29) is 11.9 Å². The van der Waals surface area contributed by atoms with Gasteiger partial charge >= 0.3 is 0 Å². The summed E-state index contributed by atoms with van der Waals surface area (Å²) in [6, 6.07) is 16.5. The first kappa shape index (κ1) is 18.5. The molecule has 0 saturated carbocycles. The Labute approximate surface area is 166 Å². The van der Waals surface area contributed by atoms with Crippen molar-refractivity contribution in [1.29, 1.82) is 0 Å².